The van der Waals surface area contributed by atoms with E-state index in [4.69, 9.17) is 9.47 Å². The number of allylic oxidation sites excluding steroid dienone is 2. The van der Waals surface area contributed by atoms with Gasteiger partial charge >= 0.3 is 11.9 Å². The molecule has 0 spiro atoms. The number of aliphatic hydroxyl groups excluding tert-OH is 1. The molecule has 1 aliphatic heterocycles. The summed E-state index contributed by atoms with van der Waals surface area (Å²) in [6, 6.07) is 0. The Morgan fingerprint density at radius 1 is 1.09 bits per heavy atom. The van der Waals surface area contributed by atoms with Gasteiger partial charge < -0.3 is 19.1 Å². The topological polar surface area (TPSA) is 90.7 Å². The fraction of sp³-hybridized carbons (Fsp3) is 0.757. The smallest absolute Gasteiger partial charge is 0.312 e. The summed E-state index contributed by atoms with van der Waals surface area (Å²) in [5.74, 6) is 0.346. The van der Waals surface area contributed by atoms with Crippen molar-refractivity contribution in [1.29, 1.82) is 0 Å². The van der Waals surface area contributed by atoms with E-state index in [1.165, 1.54) is 0 Å². The Balaban J connectivity index is 1.33. The molecule has 44 heavy (non-hydrogen) atoms. The largest absolute Gasteiger partial charge is 0.465 e. The fourth-order valence-electron chi connectivity index (χ4n) is 11.9. The molecule has 242 valence electrons. The number of rotatable bonds is 8. The highest BCUT2D eigenvalue weighted by molar-refractivity contribution is 5.78. The van der Waals surface area contributed by atoms with Gasteiger partial charge in [-0.3, -0.25) is 9.59 Å². The molecule has 7 heteroatoms. The van der Waals surface area contributed by atoms with Gasteiger partial charge in [0.25, 0.3) is 0 Å². The van der Waals surface area contributed by atoms with Crippen LogP contribution in [-0.4, -0.2) is 45.4 Å². The summed E-state index contributed by atoms with van der Waals surface area (Å²) in [6.07, 6.45) is 12.5. The average molecular weight is 607 g/mol. The zero-order valence-electron chi connectivity index (χ0n) is 27.6. The van der Waals surface area contributed by atoms with Crippen LogP contribution in [0.25, 0.3) is 0 Å². The summed E-state index contributed by atoms with van der Waals surface area (Å²) in [6.45, 7) is 21.4. The molecule has 5 aliphatic rings. The first-order valence-electron chi connectivity index (χ1n) is 17.1. The van der Waals surface area contributed by atoms with Gasteiger partial charge in [0.05, 0.1) is 30.9 Å². The predicted molar refractivity (Wildman–Crippen MR) is 169 cm³/mol. The highest BCUT2D eigenvalue weighted by atomic mass is 16.5. The van der Waals surface area contributed by atoms with Gasteiger partial charge in [0, 0.05) is 30.3 Å². The van der Waals surface area contributed by atoms with Crippen LogP contribution in [0, 0.1) is 51.2 Å². The monoisotopic (exact) mass is 606 g/mol. The molecule has 2 heterocycles. The summed E-state index contributed by atoms with van der Waals surface area (Å²) >= 11 is 0. The number of aryl methyl sites for hydroxylation is 1. The van der Waals surface area contributed by atoms with Crippen LogP contribution in [0.1, 0.15) is 98.8 Å². The van der Waals surface area contributed by atoms with Crippen molar-refractivity contribution in [2.24, 2.45) is 51.2 Å². The van der Waals surface area contributed by atoms with E-state index < -0.39 is 16.9 Å². The molecule has 4 aliphatic carbocycles. The average Bonchev–Trinajstić information content (AvgIpc) is 3.60. The highest BCUT2D eigenvalue weighted by Gasteiger charge is 2.74. The van der Waals surface area contributed by atoms with Gasteiger partial charge in [0.2, 0.25) is 0 Å². The zero-order chi connectivity index (χ0) is 31.7. The third-order valence-electron chi connectivity index (χ3n) is 14.1. The van der Waals surface area contributed by atoms with Crippen molar-refractivity contribution in [2.75, 3.05) is 6.61 Å². The predicted octanol–water partition coefficient (Wildman–Crippen LogP) is 6.91. The van der Waals surface area contributed by atoms with E-state index in [-0.39, 0.29) is 64.9 Å². The van der Waals surface area contributed by atoms with Crippen LogP contribution in [0.15, 0.2) is 43.0 Å². The van der Waals surface area contributed by atoms with Gasteiger partial charge in [-0.2, -0.15) is 0 Å². The van der Waals surface area contributed by atoms with Crippen molar-refractivity contribution in [3.8, 4) is 0 Å². The molecule has 0 aromatic carbocycles. The molecule has 6 rings (SSSR count). The Labute approximate surface area is 263 Å². The maximum atomic E-state index is 14.2. The molecule has 0 amide bonds. The summed E-state index contributed by atoms with van der Waals surface area (Å²) in [5, 5.41) is 11.7. The number of nitrogens with zero attached hydrogens (tertiary/aromatic N) is 2. The van der Waals surface area contributed by atoms with E-state index in [9.17, 15) is 14.7 Å². The van der Waals surface area contributed by atoms with Crippen LogP contribution in [0.3, 0.4) is 0 Å². The second-order valence-electron chi connectivity index (χ2n) is 16.0. The van der Waals surface area contributed by atoms with Crippen molar-refractivity contribution in [3.05, 3.63) is 43.0 Å². The van der Waals surface area contributed by atoms with Crippen molar-refractivity contribution >= 4 is 11.9 Å². The second-order valence-corrected chi connectivity index (χ2v) is 16.0. The van der Waals surface area contributed by atoms with Crippen LogP contribution in [0.5, 0.6) is 0 Å². The number of carbonyl (C=O) groups excluding carboxylic acids is 2. The summed E-state index contributed by atoms with van der Waals surface area (Å²) in [4.78, 5) is 31.6. The van der Waals surface area contributed by atoms with Crippen LogP contribution in [-0.2, 0) is 25.6 Å². The standard InChI is InChI=1S/C37H54N2O5/c1-23(2)25-10-13-37(33(42)43-19-9-8-17-39-18-16-38-22-39)15-14-34(5)27(31(25)37)20-28-32-35(34,6)12-11-26(24(3)4)36(32,7)29(40)21-30(41)44-28/h16,18,22,25-29,31-32,40H,1,3,8-15,17,19-21H2,2,4-7H3/t25-,26-,27+,28+,29+,31+,32-,34+,35+,36+,37-/m0/s1. The van der Waals surface area contributed by atoms with Gasteiger partial charge in [-0.1, -0.05) is 45.1 Å². The third-order valence-corrected chi connectivity index (χ3v) is 14.1. The number of aromatic nitrogens is 2. The minimum Gasteiger partial charge on any atom is -0.465 e. The van der Waals surface area contributed by atoms with Crippen LogP contribution < -0.4 is 0 Å². The number of hydrogen-bond acceptors (Lipinski definition) is 6. The molecular formula is C37H54N2O5. The van der Waals surface area contributed by atoms with Gasteiger partial charge in [0.1, 0.15) is 6.10 Å². The quantitative estimate of drug-likeness (QED) is 0.197. The minimum atomic E-state index is -0.771. The van der Waals surface area contributed by atoms with E-state index in [1.807, 2.05) is 12.5 Å². The van der Waals surface area contributed by atoms with Crippen molar-refractivity contribution in [3.63, 3.8) is 0 Å². The Morgan fingerprint density at radius 3 is 2.55 bits per heavy atom. The number of carbonyl (C=O) groups is 2. The molecule has 4 saturated carbocycles. The lowest BCUT2D eigenvalue weighted by Gasteiger charge is -2.71. The number of fused-ring (bicyclic) bond motifs is 4. The van der Waals surface area contributed by atoms with Gasteiger partial charge in [-0.15, -0.1) is 0 Å². The third kappa shape index (κ3) is 4.49. The number of esters is 2. The first-order chi connectivity index (χ1) is 20.8. The first-order valence-corrected chi connectivity index (χ1v) is 17.1. The molecule has 11 atom stereocenters. The van der Waals surface area contributed by atoms with Crippen LogP contribution in [0.4, 0.5) is 0 Å². The van der Waals surface area contributed by atoms with Gasteiger partial charge in [-0.25, -0.2) is 4.98 Å². The van der Waals surface area contributed by atoms with Crippen molar-refractivity contribution < 1.29 is 24.2 Å². The molecule has 0 bridgehead atoms. The molecule has 5 fully saturated rings. The number of unbranched alkanes of at least 4 members (excludes halogenated alkanes) is 1. The number of imidazole rings is 1. The molecule has 1 aromatic heterocycles. The molecule has 0 unspecified atom stereocenters. The lowest BCUT2D eigenvalue weighted by atomic mass is 9.33. The lowest BCUT2D eigenvalue weighted by Crippen LogP contribution is -2.69. The summed E-state index contributed by atoms with van der Waals surface area (Å²) < 4.78 is 14.6. The van der Waals surface area contributed by atoms with Crippen LogP contribution >= 0.6 is 0 Å². The molecule has 1 N–H and O–H groups in total. The van der Waals surface area contributed by atoms with E-state index in [1.54, 1.807) is 6.20 Å². The molecule has 1 saturated heterocycles. The Kier molecular flexibility index (Phi) is 7.99. The van der Waals surface area contributed by atoms with Crippen molar-refractivity contribution in [2.45, 2.75) is 118 Å². The van der Waals surface area contributed by atoms with E-state index in [2.05, 4.69) is 57.3 Å². The minimum absolute atomic E-state index is 0.0211. The number of ether oxygens (including phenoxy) is 2. The normalized spacial score (nSPS) is 44.4. The molecule has 7 nitrogen and oxygen atoms in total. The number of hydrogen-bond donors (Lipinski definition) is 1. The second kappa shape index (κ2) is 11.1. The van der Waals surface area contributed by atoms with E-state index in [0.29, 0.717) is 6.61 Å². The first kappa shape index (κ1) is 31.6. The summed E-state index contributed by atoms with van der Waals surface area (Å²) in [7, 11) is 0. The van der Waals surface area contributed by atoms with Gasteiger partial charge in [-0.05, 0) is 106 Å². The maximum absolute atomic E-state index is 14.2. The molecule has 1 aromatic rings. The Bertz CT molecular complexity index is 1310. The Morgan fingerprint density at radius 2 is 1.86 bits per heavy atom. The Hall–Kier alpha value is -2.41. The summed E-state index contributed by atoms with van der Waals surface area (Å²) in [5.41, 5.74) is 0.945. The maximum Gasteiger partial charge on any atom is 0.312 e. The zero-order valence-corrected chi connectivity index (χ0v) is 27.6. The highest BCUT2D eigenvalue weighted by Crippen LogP contribution is 2.77. The van der Waals surface area contributed by atoms with Crippen LogP contribution in [0.2, 0.25) is 0 Å². The molecule has 0 radical (unpaired) electrons. The molecular weight excluding hydrogens is 552 g/mol. The van der Waals surface area contributed by atoms with E-state index in [0.717, 1.165) is 75.5 Å². The number of aliphatic hydroxyl groups is 1. The van der Waals surface area contributed by atoms with Crippen molar-refractivity contribution in [1.82, 2.24) is 9.55 Å². The fourth-order valence-corrected chi connectivity index (χ4v) is 11.9. The lowest BCUT2D eigenvalue weighted by molar-refractivity contribution is -0.260. The SMILES string of the molecule is C=C(C)[C@@H]1CC[C@]2(C(=O)OCCCCn3ccnc3)CC[C@]3(C)[C@H](C[C@H]4OC(=O)C[C@@H](O)[C@]5(C)[C@@H]4[C@@]3(C)CC[C@H]5C(=C)C)[C@@H]12. The van der Waals surface area contributed by atoms with Gasteiger partial charge in [0.15, 0.2) is 0 Å². The van der Waals surface area contributed by atoms with E-state index >= 15 is 0 Å².